The first-order valence-corrected chi connectivity index (χ1v) is 9.02. The molecule has 0 unspecified atom stereocenters. The molecule has 5 nitrogen and oxygen atoms in total. The molecule has 0 spiro atoms. The molecule has 1 fully saturated rings. The Morgan fingerprint density at radius 1 is 1.15 bits per heavy atom. The number of allylic oxidation sites excluding steroid dienone is 1. The van der Waals surface area contributed by atoms with E-state index in [9.17, 15) is 9.59 Å². The maximum absolute atomic E-state index is 12.4. The van der Waals surface area contributed by atoms with Crippen molar-refractivity contribution in [2.24, 2.45) is 11.0 Å². The number of carbonyl (C=O) groups excluding carboxylic acids is 2. The Hall–Kier alpha value is -2.73. The van der Waals surface area contributed by atoms with E-state index in [1.165, 1.54) is 6.21 Å². The molecule has 2 aromatic rings. The zero-order valence-corrected chi connectivity index (χ0v) is 15.5. The molecule has 0 saturated carbocycles. The summed E-state index contributed by atoms with van der Waals surface area (Å²) in [6.45, 7) is 0.452. The highest BCUT2D eigenvalue weighted by Crippen LogP contribution is 2.28. The average molecular weight is 412 g/mol. The topological polar surface area (TPSA) is 70.6 Å². The van der Waals surface area contributed by atoms with Gasteiger partial charge in [0.25, 0.3) is 5.91 Å². The molecule has 2 atom stereocenters. The number of hydrogen-bond donors (Lipinski definition) is 2. The van der Waals surface area contributed by atoms with Crippen LogP contribution in [0.2, 0.25) is 0 Å². The van der Waals surface area contributed by atoms with Crippen LogP contribution in [0.5, 0.6) is 0 Å². The summed E-state index contributed by atoms with van der Waals surface area (Å²) in [4.78, 5) is 24.5. The second-order valence-corrected chi connectivity index (χ2v) is 6.82. The predicted molar refractivity (Wildman–Crippen MR) is 105 cm³/mol. The summed E-state index contributed by atoms with van der Waals surface area (Å²) in [5, 5.41) is 6.67. The lowest BCUT2D eigenvalue weighted by Gasteiger charge is -2.15. The van der Waals surface area contributed by atoms with Crippen molar-refractivity contribution >= 4 is 40.0 Å². The van der Waals surface area contributed by atoms with Gasteiger partial charge in [0.2, 0.25) is 5.91 Å². The fourth-order valence-corrected chi connectivity index (χ4v) is 3.14. The third-order valence-electron chi connectivity index (χ3n) is 4.19. The highest BCUT2D eigenvalue weighted by molar-refractivity contribution is 9.10. The first-order valence-electron chi connectivity index (χ1n) is 8.23. The minimum atomic E-state index is -0.773. The molecule has 6 heteroatoms. The Morgan fingerprint density at radius 2 is 1.88 bits per heavy atom. The normalized spacial score (nSPS) is 19.8. The van der Waals surface area contributed by atoms with Gasteiger partial charge in [-0.15, -0.1) is 0 Å². The summed E-state index contributed by atoms with van der Waals surface area (Å²) in [5.41, 5.74) is 4.44. The SMILES string of the molecule is O=C1NC[C@H](c2ccccc2)[C@H]1C(=O)N/N=C/C=C/c1ccc(Br)cc1. The Bertz CT molecular complexity index is 832. The number of hydrazone groups is 1. The number of carbonyl (C=O) groups is 2. The molecule has 2 aromatic carbocycles. The summed E-state index contributed by atoms with van der Waals surface area (Å²) < 4.78 is 1.01. The number of hydrogen-bond acceptors (Lipinski definition) is 3. The van der Waals surface area contributed by atoms with Crippen molar-refractivity contribution in [1.29, 1.82) is 0 Å². The zero-order chi connectivity index (χ0) is 18.4. The molecular weight excluding hydrogens is 394 g/mol. The van der Waals surface area contributed by atoms with Gasteiger partial charge >= 0.3 is 0 Å². The van der Waals surface area contributed by atoms with Crippen LogP contribution in [0, 0.1) is 5.92 Å². The fraction of sp³-hybridized carbons (Fsp3) is 0.150. The zero-order valence-electron chi connectivity index (χ0n) is 13.9. The van der Waals surface area contributed by atoms with Crippen LogP contribution >= 0.6 is 15.9 Å². The molecule has 26 heavy (non-hydrogen) atoms. The van der Waals surface area contributed by atoms with E-state index >= 15 is 0 Å². The summed E-state index contributed by atoms with van der Waals surface area (Å²) in [6.07, 6.45) is 5.09. The van der Waals surface area contributed by atoms with Crippen molar-refractivity contribution in [2.75, 3.05) is 6.54 Å². The Labute approximate surface area is 160 Å². The van der Waals surface area contributed by atoms with Gasteiger partial charge in [-0.25, -0.2) is 5.43 Å². The number of halogens is 1. The van der Waals surface area contributed by atoms with Crippen molar-refractivity contribution in [1.82, 2.24) is 10.7 Å². The van der Waals surface area contributed by atoms with Gasteiger partial charge in [0.1, 0.15) is 5.92 Å². The quantitative estimate of drug-likeness (QED) is 0.450. The number of nitrogens with zero attached hydrogens (tertiary/aromatic N) is 1. The lowest BCUT2D eigenvalue weighted by Crippen LogP contribution is -2.34. The standard InChI is InChI=1S/C20H18BrN3O2/c21-16-10-8-14(9-11-16)5-4-12-23-24-20(26)18-17(13-22-19(18)25)15-6-2-1-3-7-15/h1-12,17-18H,13H2,(H,22,25)(H,24,26)/b5-4+,23-12+/t17-,18-/m1/s1. The minimum Gasteiger partial charge on any atom is -0.355 e. The van der Waals surface area contributed by atoms with E-state index in [-0.39, 0.29) is 11.8 Å². The maximum Gasteiger partial charge on any atom is 0.253 e. The van der Waals surface area contributed by atoms with Gasteiger partial charge in [-0.05, 0) is 29.3 Å². The third-order valence-corrected chi connectivity index (χ3v) is 4.71. The van der Waals surface area contributed by atoms with E-state index in [1.807, 2.05) is 60.7 Å². The number of nitrogens with one attached hydrogen (secondary N) is 2. The molecule has 1 saturated heterocycles. The van der Waals surface area contributed by atoms with Crippen LogP contribution in [0.4, 0.5) is 0 Å². The van der Waals surface area contributed by atoms with Gasteiger partial charge in [0.05, 0.1) is 0 Å². The van der Waals surface area contributed by atoms with Gasteiger partial charge in [-0.1, -0.05) is 64.5 Å². The Balaban J connectivity index is 1.59. The van der Waals surface area contributed by atoms with Crippen LogP contribution in [0.3, 0.4) is 0 Å². The molecule has 2 N–H and O–H groups in total. The second kappa shape index (κ2) is 8.58. The molecule has 1 aliphatic heterocycles. The van der Waals surface area contributed by atoms with Gasteiger partial charge in [0.15, 0.2) is 0 Å². The number of benzene rings is 2. The van der Waals surface area contributed by atoms with Crippen LogP contribution in [0.1, 0.15) is 17.0 Å². The molecular formula is C20H18BrN3O2. The highest BCUT2D eigenvalue weighted by atomic mass is 79.9. The molecule has 0 bridgehead atoms. The lowest BCUT2D eigenvalue weighted by atomic mass is 9.88. The monoisotopic (exact) mass is 411 g/mol. The van der Waals surface area contributed by atoms with E-state index in [0.29, 0.717) is 6.54 Å². The maximum atomic E-state index is 12.4. The largest absolute Gasteiger partial charge is 0.355 e. The summed E-state index contributed by atoms with van der Waals surface area (Å²) in [7, 11) is 0. The van der Waals surface area contributed by atoms with Crippen LogP contribution in [-0.2, 0) is 9.59 Å². The average Bonchev–Trinajstić information content (AvgIpc) is 3.05. The van der Waals surface area contributed by atoms with E-state index in [4.69, 9.17) is 0 Å². The van der Waals surface area contributed by atoms with Crippen molar-refractivity contribution in [3.05, 3.63) is 76.3 Å². The lowest BCUT2D eigenvalue weighted by molar-refractivity contribution is -0.133. The van der Waals surface area contributed by atoms with E-state index in [1.54, 1.807) is 6.08 Å². The minimum absolute atomic E-state index is 0.183. The first kappa shape index (κ1) is 18.1. The Morgan fingerprint density at radius 3 is 2.62 bits per heavy atom. The van der Waals surface area contributed by atoms with E-state index in [0.717, 1.165) is 15.6 Å². The van der Waals surface area contributed by atoms with Crippen LogP contribution < -0.4 is 10.7 Å². The molecule has 0 aromatic heterocycles. The van der Waals surface area contributed by atoms with Gasteiger partial charge in [0, 0.05) is 23.1 Å². The van der Waals surface area contributed by atoms with Crippen LogP contribution in [0.25, 0.3) is 6.08 Å². The van der Waals surface area contributed by atoms with Gasteiger partial charge in [-0.3, -0.25) is 9.59 Å². The Kier molecular flexibility index (Phi) is 5.96. The second-order valence-electron chi connectivity index (χ2n) is 5.90. The van der Waals surface area contributed by atoms with Crippen molar-refractivity contribution in [3.8, 4) is 0 Å². The number of amides is 2. The van der Waals surface area contributed by atoms with E-state index in [2.05, 4.69) is 31.8 Å². The number of rotatable bonds is 5. The van der Waals surface area contributed by atoms with E-state index < -0.39 is 11.8 Å². The molecule has 0 radical (unpaired) electrons. The molecule has 0 aliphatic carbocycles. The molecule has 2 amide bonds. The third kappa shape index (κ3) is 4.46. The predicted octanol–water partition coefficient (Wildman–Crippen LogP) is 3.09. The molecule has 1 aliphatic rings. The highest BCUT2D eigenvalue weighted by Gasteiger charge is 2.40. The smallest absolute Gasteiger partial charge is 0.253 e. The van der Waals surface area contributed by atoms with Crippen molar-refractivity contribution in [3.63, 3.8) is 0 Å². The summed E-state index contributed by atoms with van der Waals surface area (Å²) in [6, 6.07) is 17.4. The molecule has 132 valence electrons. The fourth-order valence-electron chi connectivity index (χ4n) is 2.87. The summed E-state index contributed by atoms with van der Waals surface area (Å²) in [5.74, 6) is -1.62. The summed E-state index contributed by atoms with van der Waals surface area (Å²) >= 11 is 3.38. The van der Waals surface area contributed by atoms with Crippen LogP contribution in [0.15, 0.2) is 70.2 Å². The van der Waals surface area contributed by atoms with Crippen LogP contribution in [-0.4, -0.2) is 24.6 Å². The molecule has 1 heterocycles. The van der Waals surface area contributed by atoms with Gasteiger partial charge in [-0.2, -0.15) is 5.10 Å². The first-order chi connectivity index (χ1) is 12.6. The van der Waals surface area contributed by atoms with Crippen molar-refractivity contribution < 1.29 is 9.59 Å². The molecule has 3 rings (SSSR count). The van der Waals surface area contributed by atoms with Crippen molar-refractivity contribution in [2.45, 2.75) is 5.92 Å². The van der Waals surface area contributed by atoms with Gasteiger partial charge < -0.3 is 5.32 Å².